The number of nitrogens with one attached hydrogen (secondary N) is 2. The molecule has 2 fully saturated rings. The number of piperidine rings is 2. The van der Waals surface area contributed by atoms with E-state index in [1.54, 1.807) is 0 Å². The summed E-state index contributed by atoms with van der Waals surface area (Å²) >= 11 is 0. The Balaban J connectivity index is 1.66. The van der Waals surface area contributed by atoms with Crippen LogP contribution < -0.4 is 10.7 Å². The molecule has 2 aliphatic heterocycles. The van der Waals surface area contributed by atoms with E-state index in [1.807, 2.05) is 0 Å². The van der Waals surface area contributed by atoms with Crippen LogP contribution in [0.15, 0.2) is 0 Å². The van der Waals surface area contributed by atoms with Gasteiger partial charge in [0, 0.05) is 25.6 Å². The number of nitrogens with zero attached hydrogens (tertiary/aromatic N) is 1. The van der Waals surface area contributed by atoms with E-state index in [0.29, 0.717) is 12.5 Å². The van der Waals surface area contributed by atoms with E-state index >= 15 is 0 Å². The number of carbonyl (C=O) groups is 1. The molecule has 2 rings (SSSR count). The van der Waals surface area contributed by atoms with Gasteiger partial charge in [0.15, 0.2) is 0 Å². The molecule has 0 aromatic heterocycles. The van der Waals surface area contributed by atoms with Crippen LogP contribution in [0.2, 0.25) is 0 Å². The van der Waals surface area contributed by atoms with E-state index < -0.39 is 0 Å². The lowest BCUT2D eigenvalue weighted by molar-refractivity contribution is -0.127. The van der Waals surface area contributed by atoms with Crippen LogP contribution in [0.5, 0.6) is 0 Å². The minimum atomic E-state index is 0.182. The van der Waals surface area contributed by atoms with Crippen molar-refractivity contribution in [1.82, 2.24) is 15.8 Å². The summed E-state index contributed by atoms with van der Waals surface area (Å²) in [6.45, 7) is 3.11. The summed E-state index contributed by atoms with van der Waals surface area (Å²) in [6, 6.07) is 0.401. The van der Waals surface area contributed by atoms with Crippen molar-refractivity contribution in [3.8, 4) is 0 Å². The van der Waals surface area contributed by atoms with Crippen molar-refractivity contribution in [1.29, 1.82) is 0 Å². The standard InChI is InChI=1S/C12H23N3O/c16-12(10-11-6-2-3-7-13-11)14-15-8-4-1-5-9-15/h11,13H,1-10H2,(H,14,16). The van der Waals surface area contributed by atoms with Crippen LogP contribution in [-0.4, -0.2) is 36.6 Å². The maximum absolute atomic E-state index is 11.8. The van der Waals surface area contributed by atoms with Crippen LogP contribution in [0.1, 0.15) is 44.9 Å². The zero-order chi connectivity index (χ0) is 11.2. The zero-order valence-corrected chi connectivity index (χ0v) is 10.0. The second-order valence-corrected chi connectivity index (χ2v) is 4.93. The number of hydrogen-bond donors (Lipinski definition) is 2. The summed E-state index contributed by atoms with van der Waals surface area (Å²) < 4.78 is 0. The van der Waals surface area contributed by atoms with Gasteiger partial charge in [-0.2, -0.15) is 0 Å². The van der Waals surface area contributed by atoms with E-state index in [9.17, 15) is 4.79 Å². The number of amides is 1. The summed E-state index contributed by atoms with van der Waals surface area (Å²) in [6.07, 6.45) is 8.02. The molecular formula is C12H23N3O. The highest BCUT2D eigenvalue weighted by molar-refractivity contribution is 5.76. The lowest BCUT2D eigenvalue weighted by Crippen LogP contribution is -2.47. The van der Waals surface area contributed by atoms with Gasteiger partial charge in [0.1, 0.15) is 0 Å². The van der Waals surface area contributed by atoms with Gasteiger partial charge in [0.25, 0.3) is 0 Å². The van der Waals surface area contributed by atoms with Gasteiger partial charge in [-0.1, -0.05) is 12.8 Å². The first-order valence-electron chi connectivity index (χ1n) is 6.62. The highest BCUT2D eigenvalue weighted by Gasteiger charge is 2.18. The molecule has 4 nitrogen and oxygen atoms in total. The van der Waals surface area contributed by atoms with Crippen LogP contribution >= 0.6 is 0 Å². The maximum Gasteiger partial charge on any atom is 0.235 e. The lowest BCUT2D eigenvalue weighted by atomic mass is 10.0. The van der Waals surface area contributed by atoms with Crippen LogP contribution in [0.25, 0.3) is 0 Å². The van der Waals surface area contributed by atoms with Gasteiger partial charge in [-0.05, 0) is 32.2 Å². The predicted octanol–water partition coefficient (Wildman–Crippen LogP) is 1.04. The van der Waals surface area contributed by atoms with E-state index in [1.165, 1.54) is 32.1 Å². The molecule has 1 unspecified atom stereocenters. The summed E-state index contributed by atoms with van der Waals surface area (Å²) in [5, 5.41) is 5.49. The number of rotatable bonds is 3. The fourth-order valence-corrected chi connectivity index (χ4v) is 2.55. The molecule has 16 heavy (non-hydrogen) atoms. The maximum atomic E-state index is 11.8. The zero-order valence-electron chi connectivity index (χ0n) is 10.0. The van der Waals surface area contributed by atoms with Crippen molar-refractivity contribution in [2.45, 2.75) is 51.0 Å². The Morgan fingerprint density at radius 2 is 2.00 bits per heavy atom. The van der Waals surface area contributed by atoms with E-state index in [-0.39, 0.29) is 5.91 Å². The van der Waals surface area contributed by atoms with Crippen molar-refractivity contribution < 1.29 is 4.79 Å². The van der Waals surface area contributed by atoms with Gasteiger partial charge in [-0.3, -0.25) is 10.2 Å². The molecule has 0 saturated carbocycles. The molecule has 1 atom stereocenters. The van der Waals surface area contributed by atoms with Crippen LogP contribution in [0.4, 0.5) is 0 Å². The summed E-state index contributed by atoms with van der Waals surface area (Å²) in [5.41, 5.74) is 3.02. The predicted molar refractivity (Wildman–Crippen MR) is 63.8 cm³/mol. The summed E-state index contributed by atoms with van der Waals surface area (Å²) in [5.74, 6) is 0.182. The lowest BCUT2D eigenvalue weighted by Gasteiger charge is -2.28. The normalized spacial score (nSPS) is 27.6. The molecule has 2 saturated heterocycles. The summed E-state index contributed by atoms with van der Waals surface area (Å²) in [7, 11) is 0. The second kappa shape index (κ2) is 6.21. The molecule has 4 heteroatoms. The first-order valence-corrected chi connectivity index (χ1v) is 6.62. The first kappa shape index (κ1) is 11.9. The summed E-state index contributed by atoms with van der Waals surface area (Å²) in [4.78, 5) is 11.8. The van der Waals surface area contributed by atoms with Gasteiger partial charge >= 0.3 is 0 Å². The molecule has 2 aliphatic rings. The number of hydrogen-bond acceptors (Lipinski definition) is 3. The Morgan fingerprint density at radius 3 is 2.69 bits per heavy atom. The molecule has 2 N–H and O–H groups in total. The molecule has 0 radical (unpaired) electrons. The second-order valence-electron chi connectivity index (χ2n) is 4.93. The van der Waals surface area contributed by atoms with Crippen molar-refractivity contribution in [2.75, 3.05) is 19.6 Å². The smallest absolute Gasteiger partial charge is 0.235 e. The Labute approximate surface area is 97.7 Å². The van der Waals surface area contributed by atoms with Crippen LogP contribution in [0, 0.1) is 0 Å². The van der Waals surface area contributed by atoms with Crippen molar-refractivity contribution >= 4 is 5.91 Å². The third kappa shape index (κ3) is 3.76. The van der Waals surface area contributed by atoms with Gasteiger partial charge in [0.2, 0.25) is 5.91 Å². The number of carbonyl (C=O) groups excluding carboxylic acids is 1. The largest absolute Gasteiger partial charge is 0.313 e. The Kier molecular flexibility index (Phi) is 4.60. The fraction of sp³-hybridized carbons (Fsp3) is 0.917. The van der Waals surface area contributed by atoms with E-state index in [2.05, 4.69) is 15.8 Å². The highest BCUT2D eigenvalue weighted by atomic mass is 16.2. The topological polar surface area (TPSA) is 44.4 Å². The third-order valence-electron chi connectivity index (χ3n) is 3.48. The number of hydrazine groups is 1. The SMILES string of the molecule is O=C(CC1CCCCN1)NN1CCCCC1. The molecule has 92 valence electrons. The quantitative estimate of drug-likeness (QED) is 0.754. The molecule has 2 heterocycles. The van der Waals surface area contributed by atoms with Crippen LogP contribution in [0.3, 0.4) is 0 Å². The fourth-order valence-electron chi connectivity index (χ4n) is 2.55. The van der Waals surface area contributed by atoms with Gasteiger partial charge in [-0.25, -0.2) is 5.01 Å². The van der Waals surface area contributed by atoms with Gasteiger partial charge in [0.05, 0.1) is 0 Å². The molecule has 0 spiro atoms. The molecule has 0 bridgehead atoms. The van der Waals surface area contributed by atoms with E-state index in [0.717, 1.165) is 26.1 Å². The minimum absolute atomic E-state index is 0.182. The van der Waals surface area contributed by atoms with E-state index in [4.69, 9.17) is 0 Å². The molecule has 0 aromatic carbocycles. The third-order valence-corrected chi connectivity index (χ3v) is 3.48. The molecule has 0 aliphatic carbocycles. The first-order chi connectivity index (χ1) is 7.84. The van der Waals surface area contributed by atoms with Crippen LogP contribution in [-0.2, 0) is 4.79 Å². The average Bonchev–Trinajstić information content (AvgIpc) is 2.31. The Hall–Kier alpha value is -0.610. The van der Waals surface area contributed by atoms with Crippen molar-refractivity contribution in [2.24, 2.45) is 0 Å². The van der Waals surface area contributed by atoms with Crippen molar-refractivity contribution in [3.05, 3.63) is 0 Å². The van der Waals surface area contributed by atoms with Crippen molar-refractivity contribution in [3.63, 3.8) is 0 Å². The monoisotopic (exact) mass is 225 g/mol. The molecular weight excluding hydrogens is 202 g/mol. The molecule has 1 amide bonds. The highest BCUT2D eigenvalue weighted by Crippen LogP contribution is 2.10. The minimum Gasteiger partial charge on any atom is -0.313 e. The van der Waals surface area contributed by atoms with Gasteiger partial charge < -0.3 is 5.32 Å². The Morgan fingerprint density at radius 1 is 1.19 bits per heavy atom. The Bertz CT molecular complexity index is 198. The van der Waals surface area contributed by atoms with Gasteiger partial charge in [-0.15, -0.1) is 0 Å². The molecule has 0 aromatic rings. The average molecular weight is 225 g/mol.